The van der Waals surface area contributed by atoms with E-state index in [0.29, 0.717) is 22.9 Å². The van der Waals surface area contributed by atoms with Crippen LogP contribution < -0.4 is 5.32 Å². The van der Waals surface area contributed by atoms with Crippen LogP contribution in [0, 0.1) is 5.41 Å². The molecular weight excluding hydrogens is 321 g/mol. The second kappa shape index (κ2) is 5.39. The van der Waals surface area contributed by atoms with Crippen molar-refractivity contribution in [2.24, 2.45) is 5.41 Å². The van der Waals surface area contributed by atoms with Gasteiger partial charge in [0.2, 0.25) is 5.91 Å². The number of carbonyl (C=O) groups excluding carboxylic acids is 2. The summed E-state index contributed by atoms with van der Waals surface area (Å²) in [5, 5.41) is 3.80. The molecular formula is C17H17Cl2NO2. The predicted molar refractivity (Wildman–Crippen MR) is 87.0 cm³/mol. The number of allylic oxidation sites excluding steroid dienone is 2. The molecule has 1 atom stereocenters. The van der Waals surface area contributed by atoms with Crippen LogP contribution in [0.3, 0.4) is 0 Å². The largest absolute Gasteiger partial charge is 0.329 e. The first-order chi connectivity index (χ1) is 10.3. The molecule has 5 heteroatoms. The van der Waals surface area contributed by atoms with Crippen molar-refractivity contribution in [1.82, 2.24) is 5.32 Å². The summed E-state index contributed by atoms with van der Waals surface area (Å²) >= 11 is 12.1. The highest BCUT2D eigenvalue weighted by Crippen LogP contribution is 2.44. The molecule has 1 amide bonds. The number of ketones is 1. The van der Waals surface area contributed by atoms with Crippen LogP contribution in [0.15, 0.2) is 29.5 Å². The van der Waals surface area contributed by atoms with E-state index >= 15 is 0 Å². The molecule has 0 aromatic heterocycles. The van der Waals surface area contributed by atoms with Gasteiger partial charge in [0.15, 0.2) is 5.78 Å². The van der Waals surface area contributed by atoms with Crippen LogP contribution in [-0.4, -0.2) is 11.7 Å². The van der Waals surface area contributed by atoms with Crippen LogP contribution in [0.2, 0.25) is 10.0 Å². The topological polar surface area (TPSA) is 46.2 Å². The Labute approximate surface area is 139 Å². The third-order valence-electron chi connectivity index (χ3n) is 4.29. The molecule has 0 radical (unpaired) electrons. The van der Waals surface area contributed by atoms with Gasteiger partial charge in [0.05, 0.1) is 10.0 Å². The van der Waals surface area contributed by atoms with Gasteiger partial charge >= 0.3 is 0 Å². The van der Waals surface area contributed by atoms with Gasteiger partial charge in [0.25, 0.3) is 0 Å². The minimum Gasteiger partial charge on any atom is -0.329 e. The normalized spacial score (nSPS) is 24.1. The summed E-state index contributed by atoms with van der Waals surface area (Å²) in [5.74, 6) is -0.176. The van der Waals surface area contributed by atoms with E-state index in [4.69, 9.17) is 23.2 Å². The molecule has 22 heavy (non-hydrogen) atoms. The molecule has 1 heterocycles. The van der Waals surface area contributed by atoms with Gasteiger partial charge in [-0.25, -0.2) is 0 Å². The number of rotatable bonds is 1. The Morgan fingerprint density at radius 1 is 1.14 bits per heavy atom. The summed E-state index contributed by atoms with van der Waals surface area (Å²) in [7, 11) is 0. The number of hydrogen-bond acceptors (Lipinski definition) is 2. The summed E-state index contributed by atoms with van der Waals surface area (Å²) in [6.45, 7) is 4.09. The van der Waals surface area contributed by atoms with Crippen molar-refractivity contribution >= 4 is 34.9 Å². The van der Waals surface area contributed by atoms with E-state index in [9.17, 15) is 9.59 Å². The number of amides is 1. The quantitative estimate of drug-likeness (QED) is 0.832. The van der Waals surface area contributed by atoms with E-state index in [1.165, 1.54) is 0 Å². The van der Waals surface area contributed by atoms with Crippen LogP contribution in [0.5, 0.6) is 0 Å². The average Bonchev–Trinajstić information content (AvgIpc) is 2.39. The van der Waals surface area contributed by atoms with Gasteiger partial charge in [-0.05, 0) is 29.5 Å². The highest BCUT2D eigenvalue weighted by molar-refractivity contribution is 6.42. The van der Waals surface area contributed by atoms with Crippen molar-refractivity contribution < 1.29 is 9.59 Å². The van der Waals surface area contributed by atoms with Crippen LogP contribution in [0.25, 0.3) is 0 Å². The van der Waals surface area contributed by atoms with Crippen LogP contribution in [0.1, 0.15) is 44.6 Å². The fourth-order valence-electron chi connectivity index (χ4n) is 3.37. The number of halogens is 2. The third-order valence-corrected chi connectivity index (χ3v) is 5.03. The van der Waals surface area contributed by atoms with Gasteiger partial charge < -0.3 is 5.32 Å². The smallest absolute Gasteiger partial charge is 0.225 e. The van der Waals surface area contributed by atoms with E-state index < -0.39 is 0 Å². The Kier molecular flexibility index (Phi) is 3.82. The minimum atomic E-state index is -0.234. The minimum absolute atomic E-state index is 0.0553. The maximum atomic E-state index is 12.6. The zero-order valence-electron chi connectivity index (χ0n) is 12.5. The first kappa shape index (κ1) is 15.6. The molecule has 116 valence electrons. The van der Waals surface area contributed by atoms with Crippen molar-refractivity contribution in [3.63, 3.8) is 0 Å². The van der Waals surface area contributed by atoms with Crippen molar-refractivity contribution in [3.05, 3.63) is 45.1 Å². The van der Waals surface area contributed by atoms with Gasteiger partial charge in [0.1, 0.15) is 0 Å². The Balaban J connectivity index is 2.08. The lowest BCUT2D eigenvalue weighted by atomic mass is 9.70. The lowest BCUT2D eigenvalue weighted by molar-refractivity contribution is -0.122. The highest BCUT2D eigenvalue weighted by atomic mass is 35.5. The molecule has 0 spiro atoms. The number of nitrogens with one attached hydrogen (secondary N) is 1. The van der Waals surface area contributed by atoms with Crippen LogP contribution >= 0.6 is 23.2 Å². The summed E-state index contributed by atoms with van der Waals surface area (Å²) in [6.07, 6.45) is 1.47. The summed E-state index contributed by atoms with van der Waals surface area (Å²) in [6, 6.07) is 5.31. The average molecular weight is 338 g/mol. The fraction of sp³-hybridized carbons (Fsp3) is 0.412. The van der Waals surface area contributed by atoms with Crippen LogP contribution in [0.4, 0.5) is 0 Å². The first-order valence-electron chi connectivity index (χ1n) is 7.28. The lowest BCUT2D eigenvalue weighted by Gasteiger charge is -2.37. The highest BCUT2D eigenvalue weighted by Gasteiger charge is 2.40. The molecule has 1 aliphatic carbocycles. The second-order valence-electron chi connectivity index (χ2n) is 6.81. The zero-order valence-corrected chi connectivity index (χ0v) is 14.0. The molecule has 1 aromatic carbocycles. The van der Waals surface area contributed by atoms with Gasteiger partial charge in [-0.2, -0.15) is 0 Å². The summed E-state index contributed by atoms with van der Waals surface area (Å²) in [4.78, 5) is 24.7. The number of Topliss-reactive ketones (excluding diaryl/α,β-unsaturated/α-hetero) is 1. The maximum Gasteiger partial charge on any atom is 0.225 e. The Bertz CT molecular complexity index is 707. The van der Waals surface area contributed by atoms with Gasteiger partial charge in [0, 0.05) is 30.0 Å². The number of carbonyl (C=O) groups is 2. The Morgan fingerprint density at radius 2 is 1.86 bits per heavy atom. The maximum absolute atomic E-state index is 12.6. The van der Waals surface area contributed by atoms with Crippen LogP contribution in [-0.2, 0) is 9.59 Å². The summed E-state index contributed by atoms with van der Waals surface area (Å²) in [5.41, 5.74) is 2.25. The third kappa shape index (κ3) is 2.80. The monoisotopic (exact) mass is 337 g/mol. The van der Waals surface area contributed by atoms with E-state index in [0.717, 1.165) is 16.8 Å². The van der Waals surface area contributed by atoms with Crippen molar-refractivity contribution in [2.75, 3.05) is 0 Å². The SMILES string of the molecule is CC1(C)CC(=O)C2=C(C1)NC(=O)C[C@H]2c1ccc(Cl)c(Cl)c1. The summed E-state index contributed by atoms with van der Waals surface area (Å²) < 4.78 is 0. The zero-order chi connectivity index (χ0) is 16.1. The van der Waals surface area contributed by atoms with Crippen molar-refractivity contribution in [3.8, 4) is 0 Å². The van der Waals surface area contributed by atoms with E-state index in [2.05, 4.69) is 5.32 Å². The molecule has 0 bridgehead atoms. The standard InChI is InChI=1S/C17H17Cl2NO2/c1-17(2)7-13-16(14(21)8-17)10(6-15(22)20-13)9-3-4-11(18)12(19)5-9/h3-5,10H,6-8H2,1-2H3,(H,20,22)/t10-/m0/s1. The molecule has 0 saturated heterocycles. The molecule has 1 N–H and O–H groups in total. The second-order valence-corrected chi connectivity index (χ2v) is 7.63. The molecule has 0 unspecified atom stereocenters. The molecule has 3 rings (SSSR count). The van der Waals surface area contributed by atoms with Crippen molar-refractivity contribution in [2.45, 2.75) is 39.0 Å². The lowest BCUT2D eigenvalue weighted by Crippen LogP contribution is -2.40. The van der Waals surface area contributed by atoms with E-state index in [-0.39, 0.29) is 29.4 Å². The molecule has 0 saturated carbocycles. The van der Waals surface area contributed by atoms with Gasteiger partial charge in [-0.15, -0.1) is 0 Å². The Hall–Kier alpha value is -1.32. The number of hydrogen-bond donors (Lipinski definition) is 1. The fourth-order valence-corrected chi connectivity index (χ4v) is 3.68. The van der Waals surface area contributed by atoms with Gasteiger partial charge in [-0.1, -0.05) is 43.1 Å². The van der Waals surface area contributed by atoms with E-state index in [1.807, 2.05) is 19.9 Å². The molecule has 3 nitrogen and oxygen atoms in total. The van der Waals surface area contributed by atoms with E-state index in [1.54, 1.807) is 12.1 Å². The van der Waals surface area contributed by atoms with Gasteiger partial charge in [-0.3, -0.25) is 9.59 Å². The molecule has 2 aliphatic rings. The molecule has 1 aromatic rings. The van der Waals surface area contributed by atoms with Crippen molar-refractivity contribution in [1.29, 1.82) is 0 Å². The first-order valence-corrected chi connectivity index (χ1v) is 8.03. The Morgan fingerprint density at radius 3 is 2.55 bits per heavy atom. The molecule has 1 aliphatic heterocycles. The number of benzene rings is 1. The predicted octanol–water partition coefficient (Wildman–Crippen LogP) is 4.24. The molecule has 0 fully saturated rings.